The molecule has 0 amide bonds. The molecular formula is C12H15N7OS. The van der Waals surface area contributed by atoms with Crippen molar-refractivity contribution in [1.29, 1.82) is 0 Å². The first kappa shape index (κ1) is 13.7. The zero-order valence-electron chi connectivity index (χ0n) is 11.9. The van der Waals surface area contributed by atoms with E-state index in [1.165, 1.54) is 16.4 Å². The van der Waals surface area contributed by atoms with Crippen LogP contribution in [0.1, 0.15) is 22.8 Å². The summed E-state index contributed by atoms with van der Waals surface area (Å²) in [4.78, 5) is 0. The van der Waals surface area contributed by atoms with Gasteiger partial charge in [0, 0.05) is 17.5 Å². The maximum absolute atomic E-state index is 6.05. The predicted octanol–water partition coefficient (Wildman–Crippen LogP) is 1.38. The third kappa shape index (κ3) is 2.64. The van der Waals surface area contributed by atoms with E-state index >= 15 is 0 Å². The van der Waals surface area contributed by atoms with Gasteiger partial charge in [-0.15, -0.1) is 10.2 Å². The Labute approximate surface area is 125 Å². The number of hydrogen-bond acceptors (Lipinski definition) is 7. The van der Waals surface area contributed by atoms with Gasteiger partial charge in [0.1, 0.15) is 5.76 Å². The van der Waals surface area contributed by atoms with Gasteiger partial charge in [-0.2, -0.15) is 5.10 Å². The lowest BCUT2D eigenvalue weighted by Crippen LogP contribution is -2.17. The molecule has 0 saturated carbocycles. The Balaban J connectivity index is 1.81. The zero-order valence-corrected chi connectivity index (χ0v) is 12.8. The normalized spacial score (nSPS) is 11.2. The molecular weight excluding hydrogens is 290 g/mol. The van der Waals surface area contributed by atoms with E-state index in [2.05, 4.69) is 20.5 Å². The fourth-order valence-corrected chi connectivity index (χ4v) is 2.70. The molecule has 21 heavy (non-hydrogen) atoms. The van der Waals surface area contributed by atoms with E-state index in [9.17, 15) is 0 Å². The molecule has 0 bridgehead atoms. The van der Waals surface area contributed by atoms with Gasteiger partial charge in [-0.3, -0.25) is 0 Å². The lowest BCUT2D eigenvalue weighted by atomic mass is 10.4. The summed E-state index contributed by atoms with van der Waals surface area (Å²) in [6.07, 6.45) is 0. The van der Waals surface area contributed by atoms with Gasteiger partial charge in [0.05, 0.1) is 11.4 Å². The first-order chi connectivity index (χ1) is 10.0. The Morgan fingerprint density at radius 2 is 2.05 bits per heavy atom. The standard InChI is InChI=1S/C12H15N7OS/c1-7-4-8(2)19(16-7)11-14-15-12(18(11)13)21-6-10-5-9(3)20-17-10/h4-5H,6,13H2,1-3H3. The highest BCUT2D eigenvalue weighted by atomic mass is 32.2. The molecule has 0 unspecified atom stereocenters. The van der Waals surface area contributed by atoms with Gasteiger partial charge >= 0.3 is 0 Å². The number of aryl methyl sites for hydroxylation is 3. The lowest BCUT2D eigenvalue weighted by molar-refractivity contribution is 0.393. The maximum Gasteiger partial charge on any atom is 0.271 e. The number of nitrogens with zero attached hydrogens (tertiary/aromatic N) is 6. The van der Waals surface area contributed by atoms with E-state index < -0.39 is 0 Å². The Morgan fingerprint density at radius 1 is 1.24 bits per heavy atom. The molecule has 3 aromatic rings. The topological polar surface area (TPSA) is 101 Å². The minimum atomic E-state index is 0.486. The van der Waals surface area contributed by atoms with Crippen molar-refractivity contribution in [3.63, 3.8) is 0 Å². The average molecular weight is 305 g/mol. The molecule has 110 valence electrons. The highest BCUT2D eigenvalue weighted by Crippen LogP contribution is 2.21. The van der Waals surface area contributed by atoms with Crippen LogP contribution in [-0.4, -0.2) is 29.8 Å². The van der Waals surface area contributed by atoms with Crippen LogP contribution in [0.3, 0.4) is 0 Å². The monoisotopic (exact) mass is 305 g/mol. The van der Waals surface area contributed by atoms with E-state index in [-0.39, 0.29) is 0 Å². The van der Waals surface area contributed by atoms with Crippen LogP contribution in [0, 0.1) is 20.8 Å². The van der Waals surface area contributed by atoms with Crippen LogP contribution in [0.15, 0.2) is 21.8 Å². The molecule has 0 atom stereocenters. The summed E-state index contributed by atoms with van der Waals surface area (Å²) in [6, 6.07) is 3.84. The Morgan fingerprint density at radius 3 is 2.67 bits per heavy atom. The number of rotatable bonds is 4. The van der Waals surface area contributed by atoms with Crippen LogP contribution in [0.2, 0.25) is 0 Å². The molecule has 0 radical (unpaired) electrons. The maximum atomic E-state index is 6.05. The van der Waals surface area contributed by atoms with Crippen LogP contribution in [0.25, 0.3) is 5.95 Å². The van der Waals surface area contributed by atoms with Crippen LogP contribution < -0.4 is 5.84 Å². The van der Waals surface area contributed by atoms with Crippen LogP contribution in [0.4, 0.5) is 0 Å². The number of thioether (sulfide) groups is 1. The highest BCUT2D eigenvalue weighted by Gasteiger charge is 2.15. The zero-order chi connectivity index (χ0) is 15.0. The van der Waals surface area contributed by atoms with Crippen molar-refractivity contribution in [2.24, 2.45) is 0 Å². The largest absolute Gasteiger partial charge is 0.361 e. The lowest BCUT2D eigenvalue weighted by Gasteiger charge is -2.04. The average Bonchev–Trinajstić information content (AvgIpc) is 3.08. The molecule has 0 aromatic carbocycles. The van der Waals surface area contributed by atoms with Crippen molar-refractivity contribution in [1.82, 2.24) is 29.8 Å². The summed E-state index contributed by atoms with van der Waals surface area (Å²) in [7, 11) is 0. The molecule has 3 heterocycles. The van der Waals surface area contributed by atoms with Crippen molar-refractivity contribution in [2.75, 3.05) is 5.84 Å². The third-order valence-electron chi connectivity index (χ3n) is 2.87. The van der Waals surface area contributed by atoms with Crippen molar-refractivity contribution in [3.8, 4) is 5.95 Å². The van der Waals surface area contributed by atoms with Crippen molar-refractivity contribution < 1.29 is 4.52 Å². The fourth-order valence-electron chi connectivity index (χ4n) is 1.97. The summed E-state index contributed by atoms with van der Waals surface area (Å²) in [6.45, 7) is 5.72. The Kier molecular flexibility index (Phi) is 3.42. The first-order valence-corrected chi connectivity index (χ1v) is 7.32. The van der Waals surface area contributed by atoms with Crippen molar-refractivity contribution >= 4 is 11.8 Å². The van der Waals surface area contributed by atoms with E-state index in [0.717, 1.165) is 22.8 Å². The smallest absolute Gasteiger partial charge is 0.271 e. The van der Waals surface area contributed by atoms with Crippen LogP contribution in [-0.2, 0) is 5.75 Å². The summed E-state index contributed by atoms with van der Waals surface area (Å²) in [5, 5.41) is 17.1. The molecule has 0 aliphatic rings. The van der Waals surface area contributed by atoms with Gasteiger partial charge in [0.2, 0.25) is 5.16 Å². The minimum absolute atomic E-state index is 0.486. The summed E-state index contributed by atoms with van der Waals surface area (Å²) in [5.74, 6) is 7.93. The van der Waals surface area contributed by atoms with Crippen molar-refractivity contribution in [2.45, 2.75) is 31.7 Å². The molecule has 9 heteroatoms. The van der Waals surface area contributed by atoms with Gasteiger partial charge in [-0.05, 0) is 26.8 Å². The molecule has 0 spiro atoms. The molecule has 2 N–H and O–H groups in total. The van der Waals surface area contributed by atoms with E-state index in [1.807, 2.05) is 32.9 Å². The van der Waals surface area contributed by atoms with Crippen molar-refractivity contribution in [3.05, 3.63) is 35.0 Å². The van der Waals surface area contributed by atoms with Crippen LogP contribution >= 0.6 is 11.8 Å². The fraction of sp³-hybridized carbons (Fsp3) is 0.333. The second-order valence-electron chi connectivity index (χ2n) is 4.71. The molecule has 0 aliphatic carbocycles. The van der Waals surface area contributed by atoms with Gasteiger partial charge < -0.3 is 10.4 Å². The quantitative estimate of drug-likeness (QED) is 0.574. The van der Waals surface area contributed by atoms with Crippen LogP contribution in [0.5, 0.6) is 0 Å². The van der Waals surface area contributed by atoms with Gasteiger partial charge in [0.25, 0.3) is 5.95 Å². The molecule has 0 saturated heterocycles. The van der Waals surface area contributed by atoms with Gasteiger partial charge in [0.15, 0.2) is 0 Å². The second kappa shape index (κ2) is 5.24. The molecule has 0 aliphatic heterocycles. The molecule has 3 aromatic heterocycles. The summed E-state index contributed by atoms with van der Waals surface area (Å²) in [5.41, 5.74) is 2.70. The van der Waals surface area contributed by atoms with E-state index in [0.29, 0.717) is 16.9 Å². The minimum Gasteiger partial charge on any atom is -0.361 e. The van der Waals surface area contributed by atoms with Gasteiger partial charge in [-0.25, -0.2) is 9.36 Å². The van der Waals surface area contributed by atoms with E-state index in [4.69, 9.17) is 10.4 Å². The third-order valence-corrected chi connectivity index (χ3v) is 3.85. The number of aromatic nitrogens is 6. The first-order valence-electron chi connectivity index (χ1n) is 6.33. The predicted molar refractivity (Wildman–Crippen MR) is 77.6 cm³/mol. The summed E-state index contributed by atoms with van der Waals surface area (Å²) < 4.78 is 8.13. The molecule has 0 fully saturated rings. The second-order valence-corrected chi connectivity index (χ2v) is 5.65. The number of hydrogen-bond donors (Lipinski definition) is 1. The number of nitrogen functional groups attached to an aromatic ring is 1. The Bertz CT molecular complexity index is 773. The van der Waals surface area contributed by atoms with E-state index in [1.54, 1.807) is 4.68 Å². The molecule has 3 rings (SSSR count). The SMILES string of the molecule is Cc1cc(C)n(-c2nnc(SCc3cc(C)on3)n2N)n1. The summed E-state index contributed by atoms with van der Waals surface area (Å²) >= 11 is 1.44. The Hall–Kier alpha value is -2.29. The molecule has 8 nitrogen and oxygen atoms in total. The van der Waals surface area contributed by atoms with Gasteiger partial charge in [-0.1, -0.05) is 16.9 Å². The highest BCUT2D eigenvalue weighted by molar-refractivity contribution is 7.98. The number of nitrogens with two attached hydrogens (primary N) is 1.